The summed E-state index contributed by atoms with van der Waals surface area (Å²) in [4.78, 5) is 15.2. The molecule has 0 radical (unpaired) electrons. The van der Waals surface area contributed by atoms with Crippen molar-refractivity contribution in [3.8, 4) is 5.75 Å². The summed E-state index contributed by atoms with van der Waals surface area (Å²) >= 11 is 1.67. The molecule has 2 N–H and O–H groups in total. The topological polar surface area (TPSA) is 61.8 Å². The second-order valence-electron chi connectivity index (χ2n) is 5.94. The summed E-state index contributed by atoms with van der Waals surface area (Å²) in [6.45, 7) is 2.16. The van der Waals surface area contributed by atoms with Gasteiger partial charge in [0.1, 0.15) is 12.4 Å². The maximum absolute atomic E-state index is 12.3. The minimum atomic E-state index is -0.0846. The summed E-state index contributed by atoms with van der Waals surface area (Å²) in [5.74, 6) is 1.11. The number of anilines is 1. The fourth-order valence-electron chi connectivity index (χ4n) is 2.70. The number of nitrogens with one attached hydrogen (secondary N) is 1. The zero-order valence-corrected chi connectivity index (χ0v) is 14.3. The number of rotatable bonds is 5. The normalized spacial score (nSPS) is 15.3. The molecule has 6 heteroatoms. The molecule has 2 amide bonds. The SMILES string of the molecule is O=C(Nc1ccc(OCc2cccs2)cc1)N1CCC(CO)CC1. The molecule has 0 saturated carbocycles. The van der Waals surface area contributed by atoms with E-state index in [2.05, 4.69) is 5.32 Å². The molecular weight excluding hydrogens is 324 g/mol. The Hall–Kier alpha value is -2.05. The molecule has 0 bridgehead atoms. The number of hydrogen-bond acceptors (Lipinski definition) is 4. The van der Waals surface area contributed by atoms with Crippen molar-refractivity contribution in [2.24, 2.45) is 5.92 Å². The van der Waals surface area contributed by atoms with E-state index in [-0.39, 0.29) is 12.6 Å². The number of thiophene rings is 1. The Morgan fingerprint density at radius 3 is 2.62 bits per heavy atom. The van der Waals surface area contributed by atoms with Crippen LogP contribution in [-0.2, 0) is 6.61 Å². The van der Waals surface area contributed by atoms with Crippen molar-refractivity contribution < 1.29 is 14.6 Å². The number of carbonyl (C=O) groups is 1. The molecule has 1 aliphatic heterocycles. The Labute approximate surface area is 145 Å². The Morgan fingerprint density at radius 2 is 2.00 bits per heavy atom. The first-order valence-corrected chi connectivity index (χ1v) is 9.04. The molecule has 128 valence electrons. The average Bonchev–Trinajstić information content (AvgIpc) is 3.15. The lowest BCUT2D eigenvalue weighted by atomic mass is 9.98. The van der Waals surface area contributed by atoms with Crippen LogP contribution in [0.3, 0.4) is 0 Å². The quantitative estimate of drug-likeness (QED) is 0.870. The van der Waals surface area contributed by atoms with Crippen LogP contribution in [0.2, 0.25) is 0 Å². The van der Waals surface area contributed by atoms with E-state index in [1.165, 1.54) is 4.88 Å². The van der Waals surface area contributed by atoms with E-state index < -0.39 is 0 Å². The van der Waals surface area contributed by atoms with Crippen LogP contribution in [0.1, 0.15) is 17.7 Å². The maximum Gasteiger partial charge on any atom is 0.321 e. The largest absolute Gasteiger partial charge is 0.488 e. The first-order valence-electron chi connectivity index (χ1n) is 8.16. The van der Waals surface area contributed by atoms with Gasteiger partial charge in [0.2, 0.25) is 0 Å². The Morgan fingerprint density at radius 1 is 1.25 bits per heavy atom. The predicted octanol–water partition coefficient (Wildman–Crippen LogP) is 3.56. The molecular formula is C18H22N2O3S. The number of benzene rings is 1. The van der Waals surface area contributed by atoms with Crippen LogP contribution in [0.5, 0.6) is 5.75 Å². The van der Waals surface area contributed by atoms with Gasteiger partial charge in [-0.25, -0.2) is 4.79 Å². The van der Waals surface area contributed by atoms with Crippen LogP contribution in [0, 0.1) is 5.92 Å². The third-order valence-corrected chi connectivity index (χ3v) is 5.08. The zero-order chi connectivity index (χ0) is 16.8. The molecule has 5 nitrogen and oxygen atoms in total. The molecule has 1 fully saturated rings. The lowest BCUT2D eigenvalue weighted by Crippen LogP contribution is -2.41. The first-order chi connectivity index (χ1) is 11.7. The summed E-state index contributed by atoms with van der Waals surface area (Å²) in [5, 5.41) is 14.1. The number of hydrogen-bond donors (Lipinski definition) is 2. The number of aliphatic hydroxyl groups is 1. The number of ether oxygens (including phenoxy) is 1. The Bertz CT molecular complexity index is 635. The van der Waals surface area contributed by atoms with Gasteiger partial charge in [0.05, 0.1) is 0 Å². The third-order valence-electron chi connectivity index (χ3n) is 4.23. The molecule has 1 aromatic carbocycles. The molecule has 1 aromatic heterocycles. The molecule has 0 unspecified atom stereocenters. The lowest BCUT2D eigenvalue weighted by molar-refractivity contribution is 0.143. The van der Waals surface area contributed by atoms with Gasteiger partial charge in [0, 0.05) is 30.3 Å². The second kappa shape index (κ2) is 8.17. The van der Waals surface area contributed by atoms with Gasteiger partial charge in [-0.2, -0.15) is 0 Å². The standard InChI is InChI=1S/C18H22N2O3S/c21-12-14-7-9-20(10-8-14)18(22)19-15-3-5-16(6-4-15)23-13-17-2-1-11-24-17/h1-6,11,14,21H,7-10,12-13H2,(H,19,22). The Balaban J connectivity index is 1.48. The summed E-state index contributed by atoms with van der Waals surface area (Å²) in [5.41, 5.74) is 0.757. The van der Waals surface area contributed by atoms with E-state index in [0.29, 0.717) is 25.6 Å². The maximum atomic E-state index is 12.3. The third kappa shape index (κ3) is 4.49. The summed E-state index contributed by atoms with van der Waals surface area (Å²) in [6.07, 6.45) is 1.72. The molecule has 3 rings (SSSR count). The van der Waals surface area contributed by atoms with E-state index in [1.807, 2.05) is 41.8 Å². The first kappa shape index (κ1) is 16.8. The number of likely N-dealkylation sites (tertiary alicyclic amines) is 1. The average molecular weight is 346 g/mol. The molecule has 1 aliphatic rings. The van der Waals surface area contributed by atoms with Gasteiger partial charge >= 0.3 is 6.03 Å². The van der Waals surface area contributed by atoms with Crippen molar-refractivity contribution in [1.29, 1.82) is 0 Å². The summed E-state index contributed by atoms with van der Waals surface area (Å²) < 4.78 is 5.71. The summed E-state index contributed by atoms with van der Waals surface area (Å²) in [6, 6.07) is 11.4. The fraction of sp³-hybridized carbons (Fsp3) is 0.389. The molecule has 2 heterocycles. The highest BCUT2D eigenvalue weighted by Gasteiger charge is 2.22. The van der Waals surface area contributed by atoms with Crippen molar-refractivity contribution in [2.75, 3.05) is 25.0 Å². The van der Waals surface area contributed by atoms with Crippen LogP contribution in [0.15, 0.2) is 41.8 Å². The van der Waals surface area contributed by atoms with Gasteiger partial charge in [0.15, 0.2) is 0 Å². The molecule has 24 heavy (non-hydrogen) atoms. The Kier molecular flexibility index (Phi) is 5.72. The van der Waals surface area contributed by atoms with E-state index in [1.54, 1.807) is 16.2 Å². The lowest BCUT2D eigenvalue weighted by Gasteiger charge is -2.31. The van der Waals surface area contributed by atoms with Gasteiger partial charge in [0.25, 0.3) is 0 Å². The van der Waals surface area contributed by atoms with E-state index in [9.17, 15) is 4.79 Å². The van der Waals surface area contributed by atoms with Crippen LogP contribution in [-0.4, -0.2) is 35.7 Å². The monoisotopic (exact) mass is 346 g/mol. The predicted molar refractivity (Wildman–Crippen MR) is 95.5 cm³/mol. The van der Waals surface area contributed by atoms with Crippen molar-refractivity contribution in [1.82, 2.24) is 4.90 Å². The van der Waals surface area contributed by atoms with Crippen LogP contribution in [0.4, 0.5) is 10.5 Å². The number of carbonyl (C=O) groups excluding carboxylic acids is 1. The van der Waals surface area contributed by atoms with E-state index >= 15 is 0 Å². The molecule has 0 atom stereocenters. The minimum Gasteiger partial charge on any atom is -0.488 e. The van der Waals surface area contributed by atoms with Crippen molar-refractivity contribution >= 4 is 23.1 Å². The summed E-state index contributed by atoms with van der Waals surface area (Å²) in [7, 11) is 0. The van der Waals surface area contributed by atoms with Crippen molar-refractivity contribution in [2.45, 2.75) is 19.4 Å². The van der Waals surface area contributed by atoms with Crippen LogP contribution in [0.25, 0.3) is 0 Å². The highest BCUT2D eigenvalue weighted by atomic mass is 32.1. The van der Waals surface area contributed by atoms with Crippen molar-refractivity contribution in [3.63, 3.8) is 0 Å². The zero-order valence-electron chi connectivity index (χ0n) is 13.5. The highest BCUT2D eigenvalue weighted by molar-refractivity contribution is 7.09. The van der Waals surface area contributed by atoms with Gasteiger partial charge < -0.3 is 20.1 Å². The number of aliphatic hydroxyl groups excluding tert-OH is 1. The fourth-order valence-corrected chi connectivity index (χ4v) is 3.32. The van der Waals surface area contributed by atoms with Crippen LogP contribution >= 0.6 is 11.3 Å². The van der Waals surface area contributed by atoms with Crippen molar-refractivity contribution in [3.05, 3.63) is 46.7 Å². The van der Waals surface area contributed by atoms with Gasteiger partial charge in [-0.1, -0.05) is 6.07 Å². The van der Waals surface area contributed by atoms with E-state index in [0.717, 1.165) is 24.3 Å². The number of amides is 2. The number of urea groups is 1. The van der Waals surface area contributed by atoms with E-state index in [4.69, 9.17) is 9.84 Å². The molecule has 2 aromatic rings. The van der Waals surface area contributed by atoms with Gasteiger partial charge in [-0.05, 0) is 54.5 Å². The molecule has 0 aliphatic carbocycles. The number of piperidine rings is 1. The van der Waals surface area contributed by atoms with Crippen LogP contribution < -0.4 is 10.1 Å². The van der Waals surface area contributed by atoms with Gasteiger partial charge in [-0.15, -0.1) is 11.3 Å². The molecule has 0 spiro atoms. The van der Waals surface area contributed by atoms with Gasteiger partial charge in [-0.3, -0.25) is 0 Å². The second-order valence-corrected chi connectivity index (χ2v) is 6.97. The minimum absolute atomic E-state index is 0.0846. The number of nitrogens with zero attached hydrogens (tertiary/aromatic N) is 1. The smallest absolute Gasteiger partial charge is 0.321 e. The molecule has 1 saturated heterocycles. The highest BCUT2D eigenvalue weighted by Crippen LogP contribution is 2.20.